The smallest absolute Gasteiger partial charge is 0.306 e. The minimum absolute atomic E-state index is 0.0491. The lowest BCUT2D eigenvalue weighted by atomic mass is 9.48. The molecule has 188 valence electrons. The fraction of sp³-hybridized carbons (Fsp3) is 0.767. The molecular weight excluding hydrogens is 424 g/mol. The first-order chi connectivity index (χ1) is 15.7. The monoisotopic (exact) mass is 468 g/mol. The molecule has 0 aromatic carbocycles. The van der Waals surface area contributed by atoms with Crippen molar-refractivity contribution in [3.05, 3.63) is 23.3 Å². The van der Waals surface area contributed by atoms with Crippen LogP contribution in [0.1, 0.15) is 106 Å². The standard InChI is InChI=1S/C30H44O4/c1-18(26(33)34)16-21(31)17-20(3)29(7)14-10-19(2)30(29)15-11-22-23(30)8-9-24-27(4,5)25(32)12-13-28(22,24)6/h18,20,24H,2,8-17H2,1,3-7H3,(H,33,34)/t18-,20-,24+,28-,29+,30-/m1/s1. The molecule has 0 aliphatic heterocycles. The van der Waals surface area contributed by atoms with Crippen LogP contribution >= 0.6 is 0 Å². The van der Waals surface area contributed by atoms with Gasteiger partial charge in [-0.2, -0.15) is 0 Å². The zero-order valence-electron chi connectivity index (χ0n) is 22.2. The number of allylic oxidation sites excluding steroid dienone is 3. The van der Waals surface area contributed by atoms with E-state index >= 15 is 0 Å². The first-order valence-electron chi connectivity index (χ1n) is 13.4. The highest BCUT2D eigenvalue weighted by atomic mass is 16.4. The predicted molar refractivity (Wildman–Crippen MR) is 134 cm³/mol. The number of carboxylic acid groups (broad SMARTS) is 1. The van der Waals surface area contributed by atoms with E-state index in [1.165, 1.54) is 5.57 Å². The molecule has 0 bridgehead atoms. The van der Waals surface area contributed by atoms with Crippen LogP contribution in [0.3, 0.4) is 0 Å². The van der Waals surface area contributed by atoms with Crippen molar-refractivity contribution in [2.45, 2.75) is 106 Å². The van der Waals surface area contributed by atoms with E-state index in [0.717, 1.165) is 44.9 Å². The second-order valence-corrected chi connectivity index (χ2v) is 13.1. The minimum atomic E-state index is -0.901. The Kier molecular flexibility index (Phi) is 6.10. The Morgan fingerprint density at radius 3 is 2.29 bits per heavy atom. The minimum Gasteiger partial charge on any atom is -0.481 e. The number of aliphatic carboxylic acids is 1. The Morgan fingerprint density at radius 1 is 0.971 bits per heavy atom. The van der Waals surface area contributed by atoms with Crippen molar-refractivity contribution in [3.63, 3.8) is 0 Å². The third-order valence-corrected chi connectivity index (χ3v) is 11.3. The zero-order valence-corrected chi connectivity index (χ0v) is 22.2. The van der Waals surface area contributed by atoms with Crippen LogP contribution in [0.15, 0.2) is 23.3 Å². The SMILES string of the molecule is C=C1CC[C@@](C)([C@H](C)CC(=O)C[C@@H](C)C(=O)O)[C@]12CCC1=C2CC[C@H]2C(C)(C)C(=O)CC[C@]12C. The molecule has 1 N–H and O–H groups in total. The number of Topliss-reactive ketones (excluding diaryl/α,β-unsaturated/α-hetero) is 2. The fourth-order valence-electron chi connectivity index (χ4n) is 9.06. The lowest BCUT2D eigenvalue weighted by molar-refractivity contribution is -0.143. The van der Waals surface area contributed by atoms with Crippen LogP contribution in [-0.4, -0.2) is 22.6 Å². The summed E-state index contributed by atoms with van der Waals surface area (Å²) in [5, 5.41) is 9.24. The van der Waals surface area contributed by atoms with Gasteiger partial charge in [0.15, 0.2) is 0 Å². The van der Waals surface area contributed by atoms with E-state index in [1.54, 1.807) is 18.1 Å². The van der Waals surface area contributed by atoms with Crippen molar-refractivity contribution in [2.24, 2.45) is 39.4 Å². The molecule has 0 aromatic rings. The van der Waals surface area contributed by atoms with E-state index in [0.29, 0.717) is 24.5 Å². The van der Waals surface area contributed by atoms with Crippen molar-refractivity contribution in [1.29, 1.82) is 0 Å². The van der Waals surface area contributed by atoms with Gasteiger partial charge in [0, 0.05) is 30.1 Å². The largest absolute Gasteiger partial charge is 0.481 e. The summed E-state index contributed by atoms with van der Waals surface area (Å²) >= 11 is 0. The number of ketones is 2. The molecule has 0 heterocycles. The van der Waals surface area contributed by atoms with Gasteiger partial charge in [-0.05, 0) is 67.6 Å². The number of carboxylic acids is 1. The van der Waals surface area contributed by atoms with Gasteiger partial charge in [0.2, 0.25) is 0 Å². The van der Waals surface area contributed by atoms with E-state index in [9.17, 15) is 19.5 Å². The van der Waals surface area contributed by atoms with Gasteiger partial charge in [-0.1, -0.05) is 64.8 Å². The lowest BCUT2D eigenvalue weighted by Gasteiger charge is -2.55. The van der Waals surface area contributed by atoms with Crippen molar-refractivity contribution in [2.75, 3.05) is 0 Å². The van der Waals surface area contributed by atoms with Crippen LogP contribution in [-0.2, 0) is 14.4 Å². The van der Waals surface area contributed by atoms with Gasteiger partial charge in [0.1, 0.15) is 11.6 Å². The molecule has 0 unspecified atom stereocenters. The number of carbonyl (C=O) groups excluding carboxylic acids is 2. The second kappa shape index (κ2) is 8.17. The Labute approximate surface area is 205 Å². The Hall–Kier alpha value is -1.71. The summed E-state index contributed by atoms with van der Waals surface area (Å²) in [6.07, 6.45) is 8.48. The molecule has 0 amide bonds. The molecule has 4 heteroatoms. The molecule has 4 nitrogen and oxygen atoms in total. The van der Waals surface area contributed by atoms with Crippen LogP contribution in [0.25, 0.3) is 0 Å². The molecule has 0 saturated heterocycles. The Morgan fingerprint density at radius 2 is 1.65 bits per heavy atom. The summed E-state index contributed by atoms with van der Waals surface area (Å²) in [6.45, 7) is 17.6. The molecule has 4 rings (SSSR count). The van der Waals surface area contributed by atoms with Gasteiger partial charge in [-0.15, -0.1) is 0 Å². The first kappa shape index (κ1) is 25.4. The van der Waals surface area contributed by atoms with Gasteiger partial charge < -0.3 is 5.11 Å². The highest BCUT2D eigenvalue weighted by Gasteiger charge is 2.64. The van der Waals surface area contributed by atoms with Gasteiger partial charge in [0.05, 0.1) is 5.92 Å². The van der Waals surface area contributed by atoms with E-state index < -0.39 is 11.9 Å². The maximum Gasteiger partial charge on any atom is 0.306 e. The zero-order chi connectivity index (χ0) is 25.3. The molecule has 0 aromatic heterocycles. The Balaban J connectivity index is 1.69. The van der Waals surface area contributed by atoms with Crippen molar-refractivity contribution in [3.8, 4) is 0 Å². The van der Waals surface area contributed by atoms with Crippen LogP contribution in [0, 0.1) is 39.4 Å². The van der Waals surface area contributed by atoms with Gasteiger partial charge in [-0.3, -0.25) is 14.4 Å². The summed E-state index contributed by atoms with van der Waals surface area (Å²) in [7, 11) is 0. The number of hydrogen-bond donors (Lipinski definition) is 1. The quantitative estimate of drug-likeness (QED) is 0.429. The summed E-state index contributed by atoms with van der Waals surface area (Å²) < 4.78 is 0. The molecule has 1 spiro atoms. The second-order valence-electron chi connectivity index (χ2n) is 13.1. The van der Waals surface area contributed by atoms with Crippen molar-refractivity contribution >= 4 is 17.5 Å². The van der Waals surface area contributed by atoms with Gasteiger partial charge >= 0.3 is 5.97 Å². The van der Waals surface area contributed by atoms with E-state index in [2.05, 4.69) is 41.2 Å². The molecule has 0 radical (unpaired) electrons. The number of hydrogen-bond acceptors (Lipinski definition) is 3. The highest BCUT2D eigenvalue weighted by Crippen LogP contribution is 2.73. The lowest BCUT2D eigenvalue weighted by Crippen LogP contribution is -2.50. The summed E-state index contributed by atoms with van der Waals surface area (Å²) in [5.74, 6) is -0.485. The summed E-state index contributed by atoms with van der Waals surface area (Å²) in [4.78, 5) is 36.9. The molecule has 34 heavy (non-hydrogen) atoms. The normalized spacial score (nSPS) is 38.6. The number of fused-ring (bicyclic) bond motifs is 3. The van der Waals surface area contributed by atoms with Gasteiger partial charge in [-0.25, -0.2) is 0 Å². The number of rotatable bonds is 6. The third kappa shape index (κ3) is 3.33. The van der Waals surface area contributed by atoms with Crippen molar-refractivity contribution in [1.82, 2.24) is 0 Å². The summed E-state index contributed by atoms with van der Waals surface area (Å²) in [5.41, 5.74) is 4.25. The fourth-order valence-corrected chi connectivity index (χ4v) is 9.06. The maximum atomic E-state index is 12.8. The van der Waals surface area contributed by atoms with E-state index in [1.807, 2.05) is 0 Å². The molecule has 2 saturated carbocycles. The molecular formula is C30H44O4. The summed E-state index contributed by atoms with van der Waals surface area (Å²) in [6, 6.07) is 0. The topological polar surface area (TPSA) is 71.4 Å². The Bertz CT molecular complexity index is 970. The van der Waals surface area contributed by atoms with Crippen LogP contribution < -0.4 is 0 Å². The average molecular weight is 469 g/mol. The van der Waals surface area contributed by atoms with Gasteiger partial charge in [0.25, 0.3) is 0 Å². The maximum absolute atomic E-state index is 12.8. The van der Waals surface area contributed by atoms with E-state index in [-0.39, 0.29) is 39.8 Å². The van der Waals surface area contributed by atoms with Crippen LogP contribution in [0.4, 0.5) is 0 Å². The first-order valence-corrected chi connectivity index (χ1v) is 13.4. The molecule has 2 fully saturated rings. The molecule has 6 atom stereocenters. The van der Waals surface area contributed by atoms with Crippen LogP contribution in [0.5, 0.6) is 0 Å². The van der Waals surface area contributed by atoms with Crippen molar-refractivity contribution < 1.29 is 19.5 Å². The highest BCUT2D eigenvalue weighted by molar-refractivity contribution is 5.86. The number of carbonyl (C=O) groups is 3. The van der Waals surface area contributed by atoms with Crippen LogP contribution in [0.2, 0.25) is 0 Å². The molecule has 4 aliphatic rings. The predicted octanol–water partition coefficient (Wildman–Crippen LogP) is 6.93. The average Bonchev–Trinajstić information content (AvgIpc) is 3.27. The third-order valence-electron chi connectivity index (χ3n) is 11.3. The van der Waals surface area contributed by atoms with E-state index in [4.69, 9.17) is 0 Å². The molecule has 4 aliphatic carbocycles.